The molecule has 6 nitrogen and oxygen atoms in total. The van der Waals surface area contributed by atoms with E-state index >= 15 is 0 Å². The lowest BCUT2D eigenvalue weighted by atomic mass is 9.96. The van der Waals surface area contributed by atoms with E-state index in [4.69, 9.17) is 13.9 Å². The minimum atomic E-state index is -0.571. The van der Waals surface area contributed by atoms with Crippen LogP contribution in [-0.4, -0.2) is 30.1 Å². The molecule has 6 heteroatoms. The van der Waals surface area contributed by atoms with Crippen LogP contribution in [0.5, 0.6) is 5.75 Å². The zero-order chi connectivity index (χ0) is 26.8. The highest BCUT2D eigenvalue weighted by molar-refractivity contribution is 5.99. The van der Waals surface area contributed by atoms with E-state index in [9.17, 15) is 9.59 Å². The number of benzene rings is 3. The first-order valence-corrected chi connectivity index (χ1v) is 13.1. The van der Waals surface area contributed by atoms with Crippen molar-refractivity contribution in [3.05, 3.63) is 111 Å². The van der Waals surface area contributed by atoms with Crippen LogP contribution in [0.3, 0.4) is 0 Å². The predicted octanol–water partition coefficient (Wildman–Crippen LogP) is 6.35. The Labute approximate surface area is 222 Å². The van der Waals surface area contributed by atoms with Crippen LogP contribution in [0, 0.1) is 13.8 Å². The second kappa shape index (κ2) is 10.8. The highest BCUT2D eigenvalue weighted by atomic mass is 16.5. The minimum Gasteiger partial charge on any atom is -0.489 e. The summed E-state index contributed by atoms with van der Waals surface area (Å²) in [6, 6.07) is 20.8. The van der Waals surface area contributed by atoms with Crippen LogP contribution >= 0.6 is 0 Å². The molecule has 1 amide bonds. The van der Waals surface area contributed by atoms with E-state index in [2.05, 4.69) is 0 Å². The first-order valence-electron chi connectivity index (χ1n) is 13.1. The highest BCUT2D eigenvalue weighted by Crippen LogP contribution is 2.39. The molecule has 38 heavy (non-hydrogen) atoms. The first kappa shape index (κ1) is 25.7. The summed E-state index contributed by atoms with van der Waals surface area (Å²) in [6.45, 7) is 9.20. The largest absolute Gasteiger partial charge is 0.489 e. The maximum Gasteiger partial charge on any atom is 0.290 e. The van der Waals surface area contributed by atoms with Crippen molar-refractivity contribution in [2.75, 3.05) is 13.2 Å². The van der Waals surface area contributed by atoms with Crippen molar-refractivity contribution in [2.45, 2.75) is 52.9 Å². The highest BCUT2D eigenvalue weighted by Gasteiger charge is 2.42. The summed E-state index contributed by atoms with van der Waals surface area (Å²) in [5.41, 5.74) is 4.36. The third-order valence-corrected chi connectivity index (χ3v) is 6.83. The number of nitrogens with zero attached hydrogens (tertiary/aromatic N) is 1. The second-order valence-corrected chi connectivity index (χ2v) is 10.1. The molecule has 196 valence electrons. The minimum absolute atomic E-state index is 0.107. The van der Waals surface area contributed by atoms with Crippen LogP contribution in [0.1, 0.15) is 64.7 Å². The van der Waals surface area contributed by atoms with Crippen molar-refractivity contribution in [2.24, 2.45) is 0 Å². The van der Waals surface area contributed by atoms with Crippen LogP contribution in [-0.2, 0) is 11.3 Å². The van der Waals surface area contributed by atoms with Crippen molar-refractivity contribution in [3.8, 4) is 5.75 Å². The van der Waals surface area contributed by atoms with E-state index < -0.39 is 6.04 Å². The Morgan fingerprint density at radius 3 is 2.53 bits per heavy atom. The number of aryl methyl sites for hydroxylation is 2. The van der Waals surface area contributed by atoms with Gasteiger partial charge in [0.1, 0.15) is 17.9 Å². The molecule has 1 unspecified atom stereocenters. The summed E-state index contributed by atoms with van der Waals surface area (Å²) in [4.78, 5) is 29.4. The lowest BCUT2D eigenvalue weighted by molar-refractivity contribution is 0.0593. The molecule has 0 N–H and O–H groups in total. The van der Waals surface area contributed by atoms with Gasteiger partial charge in [0, 0.05) is 13.2 Å². The SMILES string of the molecule is Cc1cc(C)c2c(=O)c3c(oc2c1)C(=O)N(CCCOC(C)C)C3c1cccc(OCc2ccccc2)c1. The Morgan fingerprint density at radius 1 is 0.974 bits per heavy atom. The Morgan fingerprint density at radius 2 is 1.76 bits per heavy atom. The topological polar surface area (TPSA) is 69.0 Å². The zero-order valence-electron chi connectivity index (χ0n) is 22.3. The standard InChI is InChI=1S/C32H33NO5/c1-20(2)36-15-9-14-33-29(24-12-8-13-25(18-24)37-19-23-10-6-5-7-11-23)28-30(34)27-22(4)16-21(3)17-26(27)38-31(28)32(33)35/h5-8,10-13,16-18,20,29H,9,14-15,19H2,1-4H3. The Kier molecular flexibility index (Phi) is 7.34. The molecule has 1 aliphatic heterocycles. The van der Waals surface area contributed by atoms with Gasteiger partial charge in [-0.15, -0.1) is 0 Å². The third-order valence-electron chi connectivity index (χ3n) is 6.83. The van der Waals surface area contributed by atoms with E-state index in [1.165, 1.54) is 0 Å². The van der Waals surface area contributed by atoms with Gasteiger partial charge in [-0.1, -0.05) is 48.5 Å². The lowest BCUT2D eigenvalue weighted by Crippen LogP contribution is -2.31. The number of hydrogen-bond acceptors (Lipinski definition) is 5. The van der Waals surface area contributed by atoms with Crippen LogP contribution in [0.4, 0.5) is 0 Å². The predicted molar refractivity (Wildman–Crippen MR) is 148 cm³/mol. The maximum atomic E-state index is 13.9. The molecule has 3 aromatic carbocycles. The molecule has 0 aliphatic carbocycles. The van der Waals surface area contributed by atoms with Crippen molar-refractivity contribution < 1.29 is 18.7 Å². The summed E-state index contributed by atoms with van der Waals surface area (Å²) >= 11 is 0. The van der Waals surface area contributed by atoms with Crippen LogP contribution in [0.2, 0.25) is 0 Å². The number of carbonyl (C=O) groups is 1. The summed E-state index contributed by atoms with van der Waals surface area (Å²) < 4.78 is 18.0. The van der Waals surface area contributed by atoms with Gasteiger partial charge >= 0.3 is 0 Å². The monoisotopic (exact) mass is 511 g/mol. The molecule has 5 rings (SSSR count). The first-order chi connectivity index (χ1) is 18.3. The van der Waals surface area contributed by atoms with Gasteiger partial charge in [-0.2, -0.15) is 0 Å². The molecule has 4 aromatic rings. The Bertz CT molecular complexity index is 1520. The molecule has 1 aliphatic rings. The van der Waals surface area contributed by atoms with Gasteiger partial charge < -0.3 is 18.8 Å². The molecular weight excluding hydrogens is 478 g/mol. The quantitative estimate of drug-likeness (QED) is 0.245. The molecule has 0 bridgehead atoms. The molecule has 0 saturated carbocycles. The van der Waals surface area contributed by atoms with Gasteiger partial charge in [-0.3, -0.25) is 9.59 Å². The van der Waals surface area contributed by atoms with Gasteiger partial charge in [-0.05, 0) is 74.6 Å². The van der Waals surface area contributed by atoms with E-state index in [0.29, 0.717) is 48.5 Å². The molecule has 0 spiro atoms. The fourth-order valence-corrected chi connectivity index (χ4v) is 5.16. The molecule has 2 heterocycles. The molecule has 1 aromatic heterocycles. The Balaban J connectivity index is 1.55. The summed E-state index contributed by atoms with van der Waals surface area (Å²) in [5, 5.41) is 0.522. The molecule has 0 saturated heterocycles. The van der Waals surface area contributed by atoms with E-state index in [1.54, 1.807) is 4.90 Å². The molecule has 1 atom stereocenters. The van der Waals surface area contributed by atoms with Gasteiger partial charge in [0.2, 0.25) is 5.76 Å². The maximum absolute atomic E-state index is 13.9. The molecular formula is C32H33NO5. The number of rotatable bonds is 9. The van der Waals surface area contributed by atoms with Crippen molar-refractivity contribution in [3.63, 3.8) is 0 Å². The summed E-state index contributed by atoms with van der Waals surface area (Å²) in [6.07, 6.45) is 0.750. The van der Waals surface area contributed by atoms with Gasteiger partial charge in [0.15, 0.2) is 5.43 Å². The number of hydrogen-bond donors (Lipinski definition) is 0. The average molecular weight is 512 g/mol. The smallest absolute Gasteiger partial charge is 0.290 e. The lowest BCUT2D eigenvalue weighted by Gasteiger charge is -2.25. The fourth-order valence-electron chi connectivity index (χ4n) is 5.16. The summed E-state index contributed by atoms with van der Waals surface area (Å²) in [5.74, 6) is 0.522. The van der Waals surface area contributed by atoms with Gasteiger partial charge in [0.25, 0.3) is 5.91 Å². The van der Waals surface area contributed by atoms with E-state index in [0.717, 1.165) is 22.3 Å². The number of fused-ring (bicyclic) bond motifs is 2. The molecule has 0 radical (unpaired) electrons. The second-order valence-electron chi connectivity index (χ2n) is 10.1. The summed E-state index contributed by atoms with van der Waals surface area (Å²) in [7, 11) is 0. The third kappa shape index (κ3) is 5.09. The van der Waals surface area contributed by atoms with E-state index in [1.807, 2.05) is 94.4 Å². The van der Waals surface area contributed by atoms with E-state index in [-0.39, 0.29) is 23.2 Å². The van der Waals surface area contributed by atoms with Gasteiger partial charge in [0.05, 0.1) is 23.1 Å². The number of ether oxygens (including phenoxy) is 2. The molecule has 0 fully saturated rings. The normalized spacial score (nSPS) is 14.9. The fraction of sp³-hybridized carbons (Fsp3) is 0.312. The van der Waals surface area contributed by atoms with Crippen LogP contribution in [0.15, 0.2) is 75.9 Å². The van der Waals surface area contributed by atoms with Crippen molar-refractivity contribution in [1.82, 2.24) is 4.90 Å². The number of carbonyl (C=O) groups excluding carboxylic acids is 1. The van der Waals surface area contributed by atoms with Gasteiger partial charge in [-0.25, -0.2) is 0 Å². The van der Waals surface area contributed by atoms with Crippen LogP contribution < -0.4 is 10.2 Å². The van der Waals surface area contributed by atoms with Crippen LogP contribution in [0.25, 0.3) is 11.0 Å². The number of amides is 1. The van der Waals surface area contributed by atoms with Crippen molar-refractivity contribution in [1.29, 1.82) is 0 Å². The van der Waals surface area contributed by atoms with Crippen molar-refractivity contribution >= 4 is 16.9 Å². The average Bonchev–Trinajstić information content (AvgIpc) is 3.17. The Hall–Kier alpha value is -3.90. The zero-order valence-corrected chi connectivity index (χ0v) is 22.3.